The van der Waals surface area contributed by atoms with Crippen molar-refractivity contribution in [1.82, 2.24) is 5.32 Å². The summed E-state index contributed by atoms with van der Waals surface area (Å²) >= 11 is 0. The lowest BCUT2D eigenvalue weighted by Gasteiger charge is -2.14. The molecular formula is C12H14N2O2. The van der Waals surface area contributed by atoms with Gasteiger partial charge in [0, 0.05) is 6.42 Å². The number of amides is 2. The highest BCUT2D eigenvalue weighted by Gasteiger charge is 2.16. The Kier molecular flexibility index (Phi) is 4.27. The molecular weight excluding hydrogens is 204 g/mol. The lowest BCUT2D eigenvalue weighted by Crippen LogP contribution is -2.45. The maximum absolute atomic E-state index is 11.1. The van der Waals surface area contributed by atoms with Crippen LogP contribution in [0.4, 0.5) is 0 Å². The van der Waals surface area contributed by atoms with E-state index < -0.39 is 17.9 Å². The van der Waals surface area contributed by atoms with Gasteiger partial charge in [0.05, 0.1) is 0 Å². The summed E-state index contributed by atoms with van der Waals surface area (Å²) in [6, 6.07) is 8.65. The average molecular weight is 218 g/mol. The Hall–Kier alpha value is -2.10. The molecule has 84 valence electrons. The number of primary amides is 1. The monoisotopic (exact) mass is 218 g/mol. The van der Waals surface area contributed by atoms with Crippen LogP contribution in [0.5, 0.6) is 0 Å². The number of rotatable bonds is 5. The van der Waals surface area contributed by atoms with Gasteiger partial charge in [-0.3, -0.25) is 9.59 Å². The van der Waals surface area contributed by atoms with Crippen molar-refractivity contribution in [2.45, 2.75) is 12.5 Å². The third-order valence-corrected chi connectivity index (χ3v) is 2.13. The van der Waals surface area contributed by atoms with Crippen LogP contribution in [-0.4, -0.2) is 17.9 Å². The van der Waals surface area contributed by atoms with Crippen molar-refractivity contribution in [2.75, 3.05) is 0 Å². The fourth-order valence-corrected chi connectivity index (χ4v) is 1.30. The molecule has 3 N–H and O–H groups in total. The minimum atomic E-state index is -0.701. The van der Waals surface area contributed by atoms with Crippen LogP contribution in [-0.2, 0) is 16.0 Å². The summed E-state index contributed by atoms with van der Waals surface area (Å²) in [5.74, 6) is -0.959. The van der Waals surface area contributed by atoms with Gasteiger partial charge < -0.3 is 11.1 Å². The number of benzene rings is 1. The van der Waals surface area contributed by atoms with Gasteiger partial charge in [0.1, 0.15) is 6.04 Å². The van der Waals surface area contributed by atoms with Gasteiger partial charge in [0.2, 0.25) is 11.8 Å². The number of hydrogen-bond donors (Lipinski definition) is 2. The first-order valence-electron chi connectivity index (χ1n) is 4.89. The number of hydrogen-bond acceptors (Lipinski definition) is 2. The van der Waals surface area contributed by atoms with Crippen molar-refractivity contribution in [1.29, 1.82) is 0 Å². The third-order valence-electron chi connectivity index (χ3n) is 2.13. The van der Waals surface area contributed by atoms with Crippen molar-refractivity contribution < 1.29 is 9.59 Å². The van der Waals surface area contributed by atoms with E-state index in [9.17, 15) is 9.59 Å². The molecule has 0 bridgehead atoms. The zero-order chi connectivity index (χ0) is 12.0. The van der Waals surface area contributed by atoms with Gasteiger partial charge in [-0.05, 0) is 11.6 Å². The fourth-order valence-electron chi connectivity index (χ4n) is 1.30. The Morgan fingerprint density at radius 1 is 1.38 bits per heavy atom. The first-order chi connectivity index (χ1) is 7.63. The topological polar surface area (TPSA) is 72.2 Å². The van der Waals surface area contributed by atoms with Crippen molar-refractivity contribution in [3.63, 3.8) is 0 Å². The normalized spacial score (nSPS) is 11.5. The molecule has 1 unspecified atom stereocenters. The molecule has 0 saturated heterocycles. The van der Waals surface area contributed by atoms with Crippen LogP contribution in [0.25, 0.3) is 0 Å². The molecule has 1 atom stereocenters. The Balaban J connectivity index is 2.69. The number of nitrogens with one attached hydrogen (secondary N) is 1. The Labute approximate surface area is 94.1 Å². The van der Waals surface area contributed by atoms with E-state index >= 15 is 0 Å². The third kappa shape index (κ3) is 3.57. The molecule has 0 spiro atoms. The molecule has 0 aromatic heterocycles. The van der Waals surface area contributed by atoms with Gasteiger partial charge in [0.25, 0.3) is 0 Å². The molecule has 4 nitrogen and oxygen atoms in total. The summed E-state index contributed by atoms with van der Waals surface area (Å²) in [6.07, 6.45) is 1.50. The summed E-state index contributed by atoms with van der Waals surface area (Å²) in [4.78, 5) is 22.2. The summed E-state index contributed by atoms with van der Waals surface area (Å²) in [7, 11) is 0. The van der Waals surface area contributed by atoms with E-state index in [0.29, 0.717) is 6.42 Å². The van der Waals surface area contributed by atoms with Gasteiger partial charge in [-0.2, -0.15) is 0 Å². The van der Waals surface area contributed by atoms with Crippen LogP contribution in [0.1, 0.15) is 5.56 Å². The van der Waals surface area contributed by atoms with Gasteiger partial charge in [0.15, 0.2) is 0 Å². The minimum Gasteiger partial charge on any atom is -0.368 e. The predicted octanol–water partition coefficient (Wildman–Crippen LogP) is 0.385. The highest BCUT2D eigenvalue weighted by Crippen LogP contribution is 2.02. The largest absolute Gasteiger partial charge is 0.368 e. The second kappa shape index (κ2) is 5.70. The molecule has 0 fully saturated rings. The Morgan fingerprint density at radius 3 is 2.50 bits per heavy atom. The van der Waals surface area contributed by atoms with Gasteiger partial charge >= 0.3 is 0 Å². The quantitative estimate of drug-likeness (QED) is 0.701. The predicted molar refractivity (Wildman–Crippen MR) is 61.5 cm³/mol. The fraction of sp³-hybridized carbons (Fsp3) is 0.167. The van der Waals surface area contributed by atoms with Crippen LogP contribution < -0.4 is 11.1 Å². The van der Waals surface area contributed by atoms with Crippen LogP contribution in [0, 0.1) is 0 Å². The van der Waals surface area contributed by atoms with Crippen LogP contribution in [0.15, 0.2) is 43.0 Å². The zero-order valence-electron chi connectivity index (χ0n) is 8.85. The SMILES string of the molecule is C=CC(=O)NC(Cc1ccccc1)C(N)=O. The molecule has 16 heavy (non-hydrogen) atoms. The molecule has 0 aliphatic heterocycles. The Morgan fingerprint density at radius 2 is 2.00 bits per heavy atom. The van der Waals surface area contributed by atoms with Crippen molar-refractivity contribution in [3.05, 3.63) is 48.6 Å². The number of carbonyl (C=O) groups is 2. The van der Waals surface area contributed by atoms with E-state index in [1.54, 1.807) is 0 Å². The van der Waals surface area contributed by atoms with Crippen molar-refractivity contribution in [2.24, 2.45) is 5.73 Å². The van der Waals surface area contributed by atoms with Crippen molar-refractivity contribution in [3.8, 4) is 0 Å². The number of carbonyl (C=O) groups excluding carboxylic acids is 2. The van der Waals surface area contributed by atoms with Crippen LogP contribution in [0.2, 0.25) is 0 Å². The molecule has 4 heteroatoms. The minimum absolute atomic E-state index is 0.385. The van der Waals surface area contributed by atoms with E-state index in [-0.39, 0.29) is 0 Å². The summed E-state index contributed by atoms with van der Waals surface area (Å²) < 4.78 is 0. The van der Waals surface area contributed by atoms with E-state index in [1.165, 1.54) is 0 Å². The smallest absolute Gasteiger partial charge is 0.244 e. The molecule has 1 rings (SSSR count). The molecule has 2 amide bonds. The van der Waals surface area contributed by atoms with E-state index in [0.717, 1.165) is 11.6 Å². The summed E-state index contributed by atoms with van der Waals surface area (Å²) in [5, 5.41) is 2.48. The molecule has 0 aliphatic carbocycles. The first-order valence-corrected chi connectivity index (χ1v) is 4.89. The highest BCUT2D eigenvalue weighted by molar-refractivity contribution is 5.92. The zero-order valence-corrected chi connectivity index (χ0v) is 8.85. The van der Waals surface area contributed by atoms with Gasteiger partial charge in [-0.15, -0.1) is 0 Å². The van der Waals surface area contributed by atoms with Gasteiger partial charge in [-0.1, -0.05) is 36.9 Å². The lowest BCUT2D eigenvalue weighted by atomic mass is 10.1. The summed E-state index contributed by atoms with van der Waals surface area (Å²) in [5.41, 5.74) is 6.14. The average Bonchev–Trinajstić information content (AvgIpc) is 2.29. The van der Waals surface area contributed by atoms with E-state index in [2.05, 4.69) is 11.9 Å². The first kappa shape index (κ1) is 12.0. The molecule has 0 heterocycles. The summed E-state index contributed by atoms with van der Waals surface area (Å²) in [6.45, 7) is 3.32. The molecule has 1 aromatic rings. The second-order valence-corrected chi connectivity index (χ2v) is 3.36. The van der Waals surface area contributed by atoms with Gasteiger partial charge in [-0.25, -0.2) is 0 Å². The van der Waals surface area contributed by atoms with Crippen LogP contribution >= 0.6 is 0 Å². The van der Waals surface area contributed by atoms with E-state index in [4.69, 9.17) is 5.73 Å². The molecule has 0 aliphatic rings. The maximum Gasteiger partial charge on any atom is 0.244 e. The van der Waals surface area contributed by atoms with Crippen molar-refractivity contribution >= 4 is 11.8 Å². The standard InChI is InChI=1S/C12H14N2O2/c1-2-11(15)14-10(12(13)16)8-9-6-4-3-5-7-9/h2-7,10H,1,8H2,(H2,13,16)(H,14,15). The molecule has 1 aromatic carbocycles. The Bertz CT molecular complexity index is 387. The van der Waals surface area contributed by atoms with E-state index in [1.807, 2.05) is 30.3 Å². The maximum atomic E-state index is 11.1. The molecule has 0 radical (unpaired) electrons. The van der Waals surface area contributed by atoms with Crippen LogP contribution in [0.3, 0.4) is 0 Å². The lowest BCUT2D eigenvalue weighted by molar-refractivity contribution is -0.124. The number of nitrogens with two attached hydrogens (primary N) is 1. The highest BCUT2D eigenvalue weighted by atomic mass is 16.2. The molecule has 0 saturated carbocycles. The second-order valence-electron chi connectivity index (χ2n) is 3.36.